The van der Waals surface area contributed by atoms with Crippen LogP contribution in [0, 0.1) is 0 Å². The fourth-order valence-electron chi connectivity index (χ4n) is 0.644. The minimum absolute atomic E-state index is 2.25. The first-order valence-electron chi connectivity index (χ1n) is 3.77. The molecule has 0 fully saturated rings. The second-order valence-electron chi connectivity index (χ2n) is 2.94. The van der Waals surface area contributed by atoms with Gasteiger partial charge < -0.3 is 0 Å². The SMILES string of the molecule is FC(F)C(F)(F)C(F)(F)C(F)(F)COC(F)(F)F. The molecule has 18 heavy (non-hydrogen) atoms. The van der Waals surface area contributed by atoms with E-state index in [1.165, 1.54) is 0 Å². The van der Waals surface area contributed by atoms with Crippen LogP contribution in [-0.2, 0) is 4.74 Å². The molecule has 0 aliphatic carbocycles. The maximum Gasteiger partial charge on any atom is 0.522 e. The van der Waals surface area contributed by atoms with E-state index in [1.54, 1.807) is 0 Å². The maximum atomic E-state index is 12.4. The van der Waals surface area contributed by atoms with Gasteiger partial charge in [0.2, 0.25) is 0 Å². The summed E-state index contributed by atoms with van der Waals surface area (Å²) in [5.74, 6) is -19.4. The molecule has 0 atom stereocenters. The highest BCUT2D eigenvalue weighted by Crippen LogP contribution is 2.48. The van der Waals surface area contributed by atoms with E-state index in [4.69, 9.17) is 0 Å². The molecule has 0 aromatic heterocycles. The topological polar surface area (TPSA) is 9.23 Å². The Bertz CT molecular complexity index is 280. The molecule has 0 unspecified atom stereocenters. The van der Waals surface area contributed by atoms with Crippen LogP contribution in [0.15, 0.2) is 0 Å². The molecule has 0 rings (SSSR count). The fourth-order valence-corrected chi connectivity index (χ4v) is 0.644. The lowest BCUT2D eigenvalue weighted by Gasteiger charge is -2.32. The number of hydrogen-bond acceptors (Lipinski definition) is 1. The number of rotatable bonds is 5. The Hall–Kier alpha value is -0.810. The van der Waals surface area contributed by atoms with Crippen molar-refractivity contribution in [2.45, 2.75) is 30.6 Å². The Balaban J connectivity index is 5.08. The third kappa shape index (κ3) is 3.36. The van der Waals surface area contributed by atoms with Crippen LogP contribution >= 0.6 is 0 Å². The minimum Gasteiger partial charge on any atom is -0.285 e. The van der Waals surface area contributed by atoms with Gasteiger partial charge in [0.25, 0.3) is 0 Å². The van der Waals surface area contributed by atoms with Crippen molar-refractivity contribution in [2.24, 2.45) is 0 Å². The lowest BCUT2D eigenvalue weighted by atomic mass is 10.1. The van der Waals surface area contributed by atoms with Gasteiger partial charge in [-0.1, -0.05) is 0 Å². The molecule has 0 saturated heterocycles. The standard InChI is InChI=1S/C6H3F11O/c7-2(8)4(11,12)5(13,14)3(9,10)1-18-6(15,16)17/h2H,1H2. The first-order chi connectivity index (χ1) is 7.65. The van der Waals surface area contributed by atoms with Gasteiger partial charge in [-0.05, 0) is 0 Å². The summed E-state index contributed by atoms with van der Waals surface area (Å²) in [5.41, 5.74) is 0. The van der Waals surface area contributed by atoms with Crippen LogP contribution in [0.3, 0.4) is 0 Å². The quantitative estimate of drug-likeness (QED) is 0.704. The number of ether oxygens (including phenoxy) is 1. The summed E-state index contributed by atoms with van der Waals surface area (Å²) in [6, 6.07) is 0. The van der Waals surface area contributed by atoms with Crippen LogP contribution in [0.25, 0.3) is 0 Å². The summed E-state index contributed by atoms with van der Waals surface area (Å²) in [6.45, 7) is -3.22. The normalized spacial score (nSPS) is 15.3. The molecule has 0 spiro atoms. The maximum absolute atomic E-state index is 12.4. The largest absolute Gasteiger partial charge is 0.522 e. The van der Waals surface area contributed by atoms with Crippen molar-refractivity contribution < 1.29 is 53.0 Å². The Morgan fingerprint density at radius 3 is 1.44 bits per heavy atom. The molecule has 0 N–H and O–H groups in total. The van der Waals surface area contributed by atoms with E-state index in [-0.39, 0.29) is 0 Å². The molecule has 0 aliphatic rings. The van der Waals surface area contributed by atoms with Gasteiger partial charge >= 0.3 is 30.6 Å². The van der Waals surface area contributed by atoms with Gasteiger partial charge in [0.05, 0.1) is 0 Å². The molecule has 0 heterocycles. The summed E-state index contributed by atoms with van der Waals surface area (Å²) >= 11 is 0. The summed E-state index contributed by atoms with van der Waals surface area (Å²) in [5, 5.41) is 0. The van der Waals surface area contributed by atoms with Gasteiger partial charge in [0.1, 0.15) is 6.61 Å². The van der Waals surface area contributed by atoms with Gasteiger partial charge in [-0.15, -0.1) is 13.2 Å². The molecule has 0 aromatic carbocycles. The highest BCUT2D eigenvalue weighted by Gasteiger charge is 2.75. The van der Waals surface area contributed by atoms with Gasteiger partial charge in [0.15, 0.2) is 0 Å². The number of hydrogen-bond donors (Lipinski definition) is 0. The first-order valence-corrected chi connectivity index (χ1v) is 3.77. The Labute approximate surface area is 91.5 Å². The van der Waals surface area contributed by atoms with Gasteiger partial charge in [0, 0.05) is 0 Å². The van der Waals surface area contributed by atoms with Crippen LogP contribution in [0.4, 0.5) is 48.3 Å². The van der Waals surface area contributed by atoms with Gasteiger partial charge in [-0.2, -0.15) is 26.3 Å². The third-order valence-electron chi connectivity index (χ3n) is 1.57. The van der Waals surface area contributed by atoms with Crippen LogP contribution in [0.1, 0.15) is 0 Å². The zero-order chi connectivity index (χ0) is 15.0. The van der Waals surface area contributed by atoms with Crippen molar-refractivity contribution in [1.29, 1.82) is 0 Å². The van der Waals surface area contributed by atoms with Crippen LogP contribution in [0.2, 0.25) is 0 Å². The smallest absolute Gasteiger partial charge is 0.285 e. The van der Waals surface area contributed by atoms with E-state index < -0.39 is 37.2 Å². The minimum atomic E-state index is -6.71. The molecule has 110 valence electrons. The lowest BCUT2D eigenvalue weighted by Crippen LogP contribution is -2.59. The number of halogens is 11. The molecular formula is C6H3F11O. The monoisotopic (exact) mass is 300 g/mol. The second kappa shape index (κ2) is 4.70. The van der Waals surface area contributed by atoms with E-state index in [2.05, 4.69) is 4.74 Å². The zero-order valence-corrected chi connectivity index (χ0v) is 7.85. The molecule has 0 radical (unpaired) electrons. The average Bonchev–Trinajstić information content (AvgIpc) is 2.13. The molecule has 0 amide bonds. The van der Waals surface area contributed by atoms with Crippen LogP contribution in [-0.4, -0.2) is 37.2 Å². The molecule has 12 heteroatoms. The summed E-state index contributed by atoms with van der Waals surface area (Å²) in [7, 11) is 0. The average molecular weight is 300 g/mol. The molecule has 0 aromatic rings. The molecule has 0 saturated carbocycles. The summed E-state index contributed by atoms with van der Waals surface area (Å²) < 4.78 is 133. The highest BCUT2D eigenvalue weighted by molar-refractivity contribution is 4.97. The van der Waals surface area contributed by atoms with Crippen molar-refractivity contribution in [3.63, 3.8) is 0 Å². The zero-order valence-electron chi connectivity index (χ0n) is 7.85. The van der Waals surface area contributed by atoms with Crippen LogP contribution in [0.5, 0.6) is 0 Å². The first kappa shape index (κ1) is 17.2. The lowest BCUT2D eigenvalue weighted by molar-refractivity contribution is -0.384. The van der Waals surface area contributed by atoms with Gasteiger partial charge in [-0.25, -0.2) is 8.78 Å². The van der Waals surface area contributed by atoms with Crippen LogP contribution < -0.4 is 0 Å². The Morgan fingerprint density at radius 2 is 1.17 bits per heavy atom. The second-order valence-corrected chi connectivity index (χ2v) is 2.94. The van der Waals surface area contributed by atoms with Crippen molar-refractivity contribution in [2.75, 3.05) is 6.61 Å². The van der Waals surface area contributed by atoms with Crippen molar-refractivity contribution in [3.8, 4) is 0 Å². The van der Waals surface area contributed by atoms with E-state index in [9.17, 15) is 48.3 Å². The predicted octanol–water partition coefficient (Wildman–Crippen LogP) is 3.69. The van der Waals surface area contributed by atoms with Gasteiger partial charge in [-0.3, -0.25) is 4.74 Å². The van der Waals surface area contributed by atoms with Crippen molar-refractivity contribution in [3.05, 3.63) is 0 Å². The Morgan fingerprint density at radius 1 is 0.778 bits per heavy atom. The van der Waals surface area contributed by atoms with E-state index in [0.29, 0.717) is 0 Å². The Kier molecular flexibility index (Phi) is 4.49. The van der Waals surface area contributed by atoms with E-state index in [1.807, 2.05) is 0 Å². The van der Waals surface area contributed by atoms with Crippen molar-refractivity contribution >= 4 is 0 Å². The third-order valence-corrected chi connectivity index (χ3v) is 1.57. The molecule has 0 aliphatic heterocycles. The number of alkyl halides is 11. The predicted molar refractivity (Wildman–Crippen MR) is 32.9 cm³/mol. The fraction of sp³-hybridized carbons (Fsp3) is 1.00. The highest BCUT2D eigenvalue weighted by atomic mass is 19.4. The van der Waals surface area contributed by atoms with E-state index in [0.717, 1.165) is 0 Å². The molecular weight excluding hydrogens is 297 g/mol. The van der Waals surface area contributed by atoms with Crippen molar-refractivity contribution in [1.82, 2.24) is 0 Å². The molecule has 1 nitrogen and oxygen atoms in total. The summed E-state index contributed by atoms with van der Waals surface area (Å²) in [4.78, 5) is 0. The summed E-state index contributed by atoms with van der Waals surface area (Å²) in [6.07, 6.45) is -11.0. The molecule has 0 bridgehead atoms. The van der Waals surface area contributed by atoms with E-state index >= 15 is 0 Å².